The number of nitriles is 1. The van der Waals surface area contributed by atoms with Gasteiger partial charge in [0.05, 0.1) is 16.1 Å². The number of halogens is 1. The van der Waals surface area contributed by atoms with Crippen LogP contribution in [0.4, 0.5) is 0 Å². The Morgan fingerprint density at radius 2 is 2.12 bits per heavy atom. The molecular formula is C12H7ClN2O2. The quantitative estimate of drug-likeness (QED) is 0.855. The number of rotatable bonds is 2. The number of H-pyrrole nitrogens is 1. The van der Waals surface area contributed by atoms with Crippen molar-refractivity contribution in [1.29, 1.82) is 5.26 Å². The molecule has 2 aromatic rings. The van der Waals surface area contributed by atoms with E-state index in [0.29, 0.717) is 16.7 Å². The molecule has 1 aromatic heterocycles. The fourth-order valence-corrected chi connectivity index (χ4v) is 1.89. The number of nitrogens with zero attached hydrogens (tertiary/aromatic N) is 1. The van der Waals surface area contributed by atoms with Crippen LogP contribution in [0.1, 0.15) is 15.9 Å². The van der Waals surface area contributed by atoms with E-state index in [-0.39, 0.29) is 10.6 Å². The Kier molecular flexibility index (Phi) is 2.86. The first-order valence-electron chi connectivity index (χ1n) is 4.74. The van der Waals surface area contributed by atoms with Crippen molar-refractivity contribution in [1.82, 2.24) is 4.98 Å². The van der Waals surface area contributed by atoms with Gasteiger partial charge in [0.25, 0.3) is 0 Å². The summed E-state index contributed by atoms with van der Waals surface area (Å²) in [7, 11) is 0. The third-order valence-corrected chi connectivity index (χ3v) is 2.79. The van der Waals surface area contributed by atoms with E-state index >= 15 is 0 Å². The van der Waals surface area contributed by atoms with E-state index in [1.165, 1.54) is 6.07 Å². The second-order valence-electron chi connectivity index (χ2n) is 3.37. The summed E-state index contributed by atoms with van der Waals surface area (Å²) < 4.78 is 0. The minimum Gasteiger partial charge on any atom is -0.478 e. The molecule has 0 aliphatic heterocycles. The molecule has 17 heavy (non-hydrogen) atoms. The van der Waals surface area contributed by atoms with Crippen LogP contribution < -0.4 is 0 Å². The smallest absolute Gasteiger partial charge is 0.337 e. The molecule has 0 spiro atoms. The fourth-order valence-electron chi connectivity index (χ4n) is 1.58. The van der Waals surface area contributed by atoms with Gasteiger partial charge in [0.1, 0.15) is 6.07 Å². The number of aromatic amines is 1. The van der Waals surface area contributed by atoms with Crippen LogP contribution in [-0.2, 0) is 0 Å². The molecule has 0 fully saturated rings. The summed E-state index contributed by atoms with van der Waals surface area (Å²) in [6.07, 6.45) is 3.16. The van der Waals surface area contributed by atoms with Crippen LogP contribution in [0.25, 0.3) is 11.1 Å². The molecule has 2 N–H and O–H groups in total. The van der Waals surface area contributed by atoms with E-state index in [0.717, 1.165) is 0 Å². The molecule has 0 saturated carbocycles. The number of hydrogen-bond donors (Lipinski definition) is 2. The van der Waals surface area contributed by atoms with Crippen molar-refractivity contribution in [2.45, 2.75) is 0 Å². The minimum atomic E-state index is -1.09. The summed E-state index contributed by atoms with van der Waals surface area (Å²) in [5, 5.41) is 18.0. The molecule has 0 unspecified atom stereocenters. The van der Waals surface area contributed by atoms with E-state index in [4.69, 9.17) is 22.0 Å². The third-order valence-electron chi connectivity index (χ3n) is 2.39. The normalized spacial score (nSPS) is 9.88. The monoisotopic (exact) mass is 246 g/mol. The van der Waals surface area contributed by atoms with Crippen LogP contribution in [0.2, 0.25) is 5.02 Å². The molecule has 0 aliphatic rings. The van der Waals surface area contributed by atoms with Gasteiger partial charge in [-0.2, -0.15) is 5.26 Å². The van der Waals surface area contributed by atoms with Gasteiger partial charge in [0, 0.05) is 23.5 Å². The number of hydrogen-bond acceptors (Lipinski definition) is 2. The molecule has 4 nitrogen and oxygen atoms in total. The average Bonchev–Trinajstić information content (AvgIpc) is 2.76. The first-order valence-corrected chi connectivity index (χ1v) is 5.12. The minimum absolute atomic E-state index is 0.0225. The van der Waals surface area contributed by atoms with Gasteiger partial charge >= 0.3 is 5.97 Å². The maximum Gasteiger partial charge on any atom is 0.337 e. The molecule has 1 heterocycles. The lowest BCUT2D eigenvalue weighted by atomic mass is 10.0. The van der Waals surface area contributed by atoms with E-state index in [2.05, 4.69) is 4.98 Å². The van der Waals surface area contributed by atoms with E-state index in [9.17, 15) is 4.79 Å². The van der Waals surface area contributed by atoms with Crippen molar-refractivity contribution in [3.8, 4) is 17.2 Å². The Labute approximate surface area is 102 Å². The van der Waals surface area contributed by atoms with Crippen molar-refractivity contribution in [2.24, 2.45) is 0 Å². The number of nitrogens with one attached hydrogen (secondary N) is 1. The molecule has 0 amide bonds. The number of benzene rings is 1. The van der Waals surface area contributed by atoms with Crippen LogP contribution in [0.3, 0.4) is 0 Å². The number of carboxylic acids is 1. The Morgan fingerprint density at radius 3 is 2.76 bits per heavy atom. The number of carbonyl (C=O) groups is 1. The van der Waals surface area contributed by atoms with Gasteiger partial charge in [0.15, 0.2) is 0 Å². The van der Waals surface area contributed by atoms with Crippen LogP contribution in [0, 0.1) is 11.3 Å². The first kappa shape index (κ1) is 11.2. The standard InChI is InChI=1S/C12H7ClN2O2/c13-11-8(2-1-3-9(11)12(16)17)10-6-15-5-7(10)4-14/h1-3,5-6,15H,(H,16,17). The molecule has 1 aromatic carbocycles. The fraction of sp³-hybridized carbons (Fsp3) is 0. The average molecular weight is 247 g/mol. The Bertz CT molecular complexity index is 626. The lowest BCUT2D eigenvalue weighted by molar-refractivity contribution is 0.0697. The van der Waals surface area contributed by atoms with Crippen molar-refractivity contribution in [3.63, 3.8) is 0 Å². The highest BCUT2D eigenvalue weighted by Crippen LogP contribution is 2.32. The number of carboxylic acid groups (broad SMARTS) is 1. The first-order chi connectivity index (χ1) is 8.15. The highest BCUT2D eigenvalue weighted by molar-refractivity contribution is 6.36. The highest BCUT2D eigenvalue weighted by Gasteiger charge is 2.15. The van der Waals surface area contributed by atoms with Crippen LogP contribution in [0.15, 0.2) is 30.6 Å². The molecule has 0 bridgehead atoms. The van der Waals surface area contributed by atoms with Crippen LogP contribution in [0.5, 0.6) is 0 Å². The Hall–Kier alpha value is -2.25. The summed E-state index contributed by atoms with van der Waals surface area (Å²) in [5.74, 6) is -1.09. The molecule has 2 rings (SSSR count). The van der Waals surface area contributed by atoms with Crippen molar-refractivity contribution >= 4 is 17.6 Å². The van der Waals surface area contributed by atoms with Gasteiger partial charge in [-0.25, -0.2) is 4.79 Å². The molecular weight excluding hydrogens is 240 g/mol. The van der Waals surface area contributed by atoms with Crippen molar-refractivity contribution in [2.75, 3.05) is 0 Å². The lowest BCUT2D eigenvalue weighted by Crippen LogP contribution is -1.98. The predicted molar refractivity (Wildman–Crippen MR) is 62.9 cm³/mol. The SMILES string of the molecule is N#Cc1c[nH]cc1-c1cccc(C(=O)O)c1Cl. The predicted octanol–water partition coefficient (Wildman–Crippen LogP) is 2.90. The van der Waals surface area contributed by atoms with Crippen molar-refractivity contribution < 1.29 is 9.90 Å². The zero-order valence-electron chi connectivity index (χ0n) is 8.57. The lowest BCUT2D eigenvalue weighted by Gasteiger charge is -2.05. The van der Waals surface area contributed by atoms with Crippen LogP contribution in [-0.4, -0.2) is 16.1 Å². The Morgan fingerprint density at radius 1 is 1.35 bits per heavy atom. The maximum atomic E-state index is 10.9. The van der Waals surface area contributed by atoms with Gasteiger partial charge in [0.2, 0.25) is 0 Å². The summed E-state index contributed by atoms with van der Waals surface area (Å²) in [6.45, 7) is 0. The van der Waals surface area contributed by atoms with Gasteiger partial charge in [-0.3, -0.25) is 0 Å². The van der Waals surface area contributed by atoms with Crippen molar-refractivity contribution in [3.05, 3.63) is 46.7 Å². The maximum absolute atomic E-state index is 10.9. The molecule has 0 atom stereocenters. The van der Waals surface area contributed by atoms with Gasteiger partial charge in [-0.1, -0.05) is 23.7 Å². The summed E-state index contributed by atoms with van der Waals surface area (Å²) in [6, 6.07) is 6.71. The summed E-state index contributed by atoms with van der Waals surface area (Å²) in [4.78, 5) is 13.7. The second kappa shape index (κ2) is 4.32. The molecule has 0 saturated heterocycles. The summed E-state index contributed by atoms with van der Waals surface area (Å²) >= 11 is 6.02. The Balaban J connectivity index is 2.66. The van der Waals surface area contributed by atoms with Gasteiger partial charge in [-0.05, 0) is 6.07 Å². The molecule has 84 valence electrons. The zero-order chi connectivity index (χ0) is 12.4. The van der Waals surface area contributed by atoms with E-state index in [1.807, 2.05) is 6.07 Å². The molecule has 5 heteroatoms. The highest BCUT2D eigenvalue weighted by atomic mass is 35.5. The topological polar surface area (TPSA) is 76.9 Å². The van der Waals surface area contributed by atoms with Gasteiger partial charge in [-0.15, -0.1) is 0 Å². The van der Waals surface area contributed by atoms with Gasteiger partial charge < -0.3 is 10.1 Å². The second-order valence-corrected chi connectivity index (χ2v) is 3.74. The largest absolute Gasteiger partial charge is 0.478 e. The third kappa shape index (κ3) is 1.88. The molecule has 0 radical (unpaired) electrons. The number of aromatic carboxylic acids is 1. The summed E-state index contributed by atoms with van der Waals surface area (Å²) in [5.41, 5.74) is 1.58. The number of aromatic nitrogens is 1. The van der Waals surface area contributed by atoms with Crippen LogP contribution >= 0.6 is 11.6 Å². The van der Waals surface area contributed by atoms with E-state index < -0.39 is 5.97 Å². The zero-order valence-corrected chi connectivity index (χ0v) is 9.32. The van der Waals surface area contributed by atoms with E-state index in [1.54, 1.807) is 24.5 Å². The molecule has 0 aliphatic carbocycles.